The van der Waals surface area contributed by atoms with Gasteiger partial charge in [0.05, 0.1) is 0 Å². The van der Waals surface area contributed by atoms with Crippen LogP contribution in [0.4, 0.5) is 0 Å². The molecule has 18 heavy (non-hydrogen) atoms. The highest BCUT2D eigenvalue weighted by Gasteiger charge is 2.34. The van der Waals surface area contributed by atoms with E-state index in [4.69, 9.17) is 0 Å². The van der Waals surface area contributed by atoms with E-state index in [0.717, 1.165) is 6.54 Å². The van der Waals surface area contributed by atoms with E-state index >= 15 is 0 Å². The quantitative estimate of drug-likeness (QED) is 0.901. The van der Waals surface area contributed by atoms with Crippen LogP contribution >= 0.6 is 11.3 Å². The average Bonchev–Trinajstić information content (AvgIpc) is 2.79. The van der Waals surface area contributed by atoms with E-state index in [1.807, 2.05) is 11.3 Å². The van der Waals surface area contributed by atoms with Crippen molar-refractivity contribution in [2.24, 2.45) is 5.92 Å². The topological polar surface area (TPSA) is 15.3 Å². The van der Waals surface area contributed by atoms with Crippen molar-refractivity contribution in [3.05, 3.63) is 22.4 Å². The summed E-state index contributed by atoms with van der Waals surface area (Å²) in [5.41, 5.74) is 0.280. The van der Waals surface area contributed by atoms with Crippen LogP contribution in [0.25, 0.3) is 0 Å². The molecule has 2 nitrogen and oxygen atoms in total. The first-order chi connectivity index (χ1) is 8.49. The molecule has 1 saturated heterocycles. The molecule has 1 N–H and O–H groups in total. The van der Waals surface area contributed by atoms with E-state index in [1.54, 1.807) is 0 Å². The first-order valence-electron chi connectivity index (χ1n) is 7.00. The zero-order valence-corrected chi connectivity index (χ0v) is 12.9. The summed E-state index contributed by atoms with van der Waals surface area (Å²) in [6, 6.07) is 5.04. The van der Waals surface area contributed by atoms with Gasteiger partial charge in [0.2, 0.25) is 0 Å². The van der Waals surface area contributed by atoms with E-state index in [1.165, 1.54) is 24.4 Å². The van der Waals surface area contributed by atoms with Crippen LogP contribution in [0.5, 0.6) is 0 Å². The molecule has 1 aliphatic heterocycles. The lowest BCUT2D eigenvalue weighted by molar-refractivity contribution is 0.0559. The Bertz CT molecular complexity index is 357. The van der Waals surface area contributed by atoms with Crippen molar-refractivity contribution in [1.82, 2.24) is 10.2 Å². The molecule has 0 amide bonds. The summed E-state index contributed by atoms with van der Waals surface area (Å²) in [6.45, 7) is 12.8. The highest BCUT2D eigenvalue weighted by atomic mass is 32.1. The first-order valence-corrected chi connectivity index (χ1v) is 7.88. The fourth-order valence-electron chi connectivity index (χ4n) is 2.58. The van der Waals surface area contributed by atoms with Crippen molar-refractivity contribution >= 4 is 11.3 Å². The van der Waals surface area contributed by atoms with Crippen LogP contribution in [0.1, 0.15) is 32.6 Å². The van der Waals surface area contributed by atoms with Crippen LogP contribution in [0.3, 0.4) is 0 Å². The smallest absolute Gasteiger partial charge is 0.0278 e. The summed E-state index contributed by atoms with van der Waals surface area (Å²) in [4.78, 5) is 4.17. The summed E-state index contributed by atoms with van der Waals surface area (Å²) in [7, 11) is 0. The fraction of sp³-hybridized carbons (Fsp3) is 0.733. The van der Waals surface area contributed by atoms with Crippen molar-refractivity contribution in [2.75, 3.05) is 19.6 Å². The molecule has 0 radical (unpaired) electrons. The minimum Gasteiger partial charge on any atom is -0.311 e. The Morgan fingerprint density at radius 2 is 2.28 bits per heavy atom. The van der Waals surface area contributed by atoms with Gasteiger partial charge < -0.3 is 5.32 Å². The molecule has 2 heterocycles. The van der Waals surface area contributed by atoms with E-state index in [0.29, 0.717) is 12.0 Å². The summed E-state index contributed by atoms with van der Waals surface area (Å²) in [6.07, 6.45) is 1.19. The van der Waals surface area contributed by atoms with Gasteiger partial charge in [-0.1, -0.05) is 19.9 Å². The maximum atomic E-state index is 3.69. The Hall–Kier alpha value is -0.380. The number of nitrogens with zero attached hydrogens (tertiary/aromatic N) is 1. The van der Waals surface area contributed by atoms with Gasteiger partial charge in [-0.25, -0.2) is 0 Å². The maximum Gasteiger partial charge on any atom is 0.0278 e. The van der Waals surface area contributed by atoms with Crippen LogP contribution in [-0.4, -0.2) is 36.1 Å². The monoisotopic (exact) mass is 266 g/mol. The lowest BCUT2D eigenvalue weighted by Gasteiger charge is -2.47. The van der Waals surface area contributed by atoms with Gasteiger partial charge in [0.15, 0.2) is 0 Å². The van der Waals surface area contributed by atoms with Gasteiger partial charge in [-0.2, -0.15) is 0 Å². The van der Waals surface area contributed by atoms with E-state index in [2.05, 4.69) is 55.4 Å². The van der Waals surface area contributed by atoms with Crippen molar-refractivity contribution in [1.29, 1.82) is 0 Å². The third-order valence-corrected chi connectivity index (χ3v) is 5.02. The molecule has 1 fully saturated rings. The van der Waals surface area contributed by atoms with Gasteiger partial charge in [0.1, 0.15) is 0 Å². The third-order valence-electron chi connectivity index (χ3n) is 4.08. The Balaban J connectivity index is 1.94. The largest absolute Gasteiger partial charge is 0.311 e. The molecule has 102 valence electrons. The number of nitrogens with one attached hydrogen (secondary N) is 1. The second-order valence-corrected chi connectivity index (χ2v) is 7.35. The Morgan fingerprint density at radius 1 is 1.50 bits per heavy atom. The zero-order valence-electron chi connectivity index (χ0n) is 12.1. The molecule has 0 saturated carbocycles. The van der Waals surface area contributed by atoms with E-state index in [-0.39, 0.29) is 5.54 Å². The lowest BCUT2D eigenvalue weighted by Crippen LogP contribution is -2.63. The van der Waals surface area contributed by atoms with Gasteiger partial charge in [-0.3, -0.25) is 4.90 Å². The first kappa shape index (κ1) is 14.0. The maximum absolute atomic E-state index is 3.69. The zero-order chi connectivity index (χ0) is 13.2. The number of piperazine rings is 1. The minimum absolute atomic E-state index is 0.280. The minimum atomic E-state index is 0.280. The predicted molar refractivity (Wildman–Crippen MR) is 80.3 cm³/mol. The van der Waals surface area contributed by atoms with E-state index in [9.17, 15) is 0 Å². The number of thiophene rings is 1. The van der Waals surface area contributed by atoms with E-state index < -0.39 is 0 Å². The van der Waals surface area contributed by atoms with Crippen molar-refractivity contribution in [2.45, 2.75) is 45.7 Å². The van der Waals surface area contributed by atoms with Crippen LogP contribution < -0.4 is 5.32 Å². The average molecular weight is 266 g/mol. The number of hydrogen-bond donors (Lipinski definition) is 1. The SMILES string of the molecule is CC(C)C1CN(CCc2cccs2)C(C)(C)CN1. The Morgan fingerprint density at radius 3 is 2.89 bits per heavy atom. The third kappa shape index (κ3) is 3.34. The predicted octanol–water partition coefficient (Wildman–Crippen LogP) is 3.00. The molecule has 1 aromatic heterocycles. The number of hydrogen-bond acceptors (Lipinski definition) is 3. The Labute approximate surface area is 115 Å². The van der Waals surface area contributed by atoms with Gasteiger partial charge in [0, 0.05) is 36.1 Å². The fourth-order valence-corrected chi connectivity index (χ4v) is 3.28. The molecule has 3 heteroatoms. The molecule has 0 spiro atoms. The number of rotatable bonds is 4. The molecule has 0 aliphatic carbocycles. The molecule has 1 aliphatic rings. The second kappa shape index (κ2) is 5.72. The van der Waals surface area contributed by atoms with Crippen LogP contribution in [0, 0.1) is 5.92 Å². The Kier molecular flexibility index (Phi) is 4.46. The normalized spacial score (nSPS) is 24.6. The summed E-state index contributed by atoms with van der Waals surface area (Å²) in [5.74, 6) is 0.713. The van der Waals surface area contributed by atoms with Crippen molar-refractivity contribution < 1.29 is 0 Å². The standard InChI is InChI=1S/C15H26N2S/c1-12(2)14-10-17(15(3,4)11-16-14)8-7-13-6-5-9-18-13/h5-6,9,12,14,16H,7-8,10-11H2,1-4H3. The molecular formula is C15H26N2S. The summed E-state index contributed by atoms with van der Waals surface area (Å²) in [5, 5.41) is 5.87. The van der Waals surface area contributed by atoms with Gasteiger partial charge in [-0.05, 0) is 37.6 Å². The van der Waals surface area contributed by atoms with Crippen LogP contribution in [-0.2, 0) is 6.42 Å². The van der Waals surface area contributed by atoms with Gasteiger partial charge >= 0.3 is 0 Å². The highest BCUT2D eigenvalue weighted by molar-refractivity contribution is 7.09. The van der Waals surface area contributed by atoms with Crippen molar-refractivity contribution in [3.8, 4) is 0 Å². The van der Waals surface area contributed by atoms with Gasteiger partial charge in [-0.15, -0.1) is 11.3 Å². The summed E-state index contributed by atoms with van der Waals surface area (Å²) >= 11 is 1.88. The molecule has 1 atom stereocenters. The second-order valence-electron chi connectivity index (χ2n) is 6.32. The van der Waals surface area contributed by atoms with Gasteiger partial charge in [0.25, 0.3) is 0 Å². The summed E-state index contributed by atoms with van der Waals surface area (Å²) < 4.78 is 0. The van der Waals surface area contributed by atoms with Crippen molar-refractivity contribution in [3.63, 3.8) is 0 Å². The molecule has 2 rings (SSSR count). The molecular weight excluding hydrogens is 240 g/mol. The molecule has 1 aromatic rings. The lowest BCUT2D eigenvalue weighted by atomic mass is 9.92. The van der Waals surface area contributed by atoms with Crippen LogP contribution in [0.2, 0.25) is 0 Å². The van der Waals surface area contributed by atoms with Crippen LogP contribution in [0.15, 0.2) is 17.5 Å². The highest BCUT2D eigenvalue weighted by Crippen LogP contribution is 2.22. The molecule has 0 bridgehead atoms. The molecule has 0 aromatic carbocycles. The molecule has 1 unspecified atom stereocenters.